The molecule has 0 N–H and O–H groups in total. The Morgan fingerprint density at radius 2 is 1.83 bits per heavy atom. The summed E-state index contributed by atoms with van der Waals surface area (Å²) >= 11 is 0. The number of hydrogen-bond acceptors (Lipinski definition) is 1. The minimum Gasteiger partial charge on any atom is -0.523 e. The zero-order chi connectivity index (χ0) is 8.43. The number of ether oxygens (including phenoxy) is 1. The smallest absolute Gasteiger partial charge is 0.0743 e. The van der Waals surface area contributed by atoms with Gasteiger partial charge in [-0.3, -0.25) is 0 Å². The van der Waals surface area contributed by atoms with Crippen molar-refractivity contribution in [2.75, 3.05) is 7.11 Å². The van der Waals surface area contributed by atoms with Crippen LogP contribution in [0.15, 0.2) is 6.07 Å². The molecule has 2 heteroatoms. The van der Waals surface area contributed by atoms with Gasteiger partial charge < -0.3 is 4.74 Å². The van der Waals surface area contributed by atoms with Crippen molar-refractivity contribution in [2.24, 2.45) is 0 Å². The Labute approximate surface area is 88.4 Å². The van der Waals surface area contributed by atoms with Gasteiger partial charge >= 0.3 is 0 Å². The van der Waals surface area contributed by atoms with Gasteiger partial charge in [-0.15, -0.1) is 12.1 Å². The number of benzene rings is 1. The largest absolute Gasteiger partial charge is 0.523 e. The van der Waals surface area contributed by atoms with Gasteiger partial charge in [0.25, 0.3) is 0 Å². The second-order valence-electron chi connectivity index (χ2n) is 2.77. The maximum Gasteiger partial charge on any atom is 0.0743 e. The van der Waals surface area contributed by atoms with Crippen LogP contribution in [0.4, 0.5) is 0 Å². The molecule has 0 aliphatic rings. The third-order valence-electron chi connectivity index (χ3n) is 2.03. The van der Waals surface area contributed by atoms with Crippen molar-refractivity contribution in [3.05, 3.63) is 28.8 Å². The average molecular weight is 333 g/mol. The summed E-state index contributed by atoms with van der Waals surface area (Å²) in [5.41, 5.74) is 3.73. The van der Waals surface area contributed by atoms with Crippen LogP contribution in [-0.4, -0.2) is 7.11 Å². The van der Waals surface area contributed by atoms with Crippen LogP contribution in [0.25, 0.3) is 0 Å². The predicted octanol–water partition coefficient (Wildman–Crippen LogP) is 2.42. The molecule has 12 heavy (non-hydrogen) atoms. The molecule has 0 fully saturated rings. The third-order valence-corrected chi connectivity index (χ3v) is 2.03. The molecule has 0 saturated carbocycles. The molecule has 0 amide bonds. The molecule has 0 aromatic heterocycles. The molecule has 0 unspecified atom stereocenters. The van der Waals surface area contributed by atoms with Crippen molar-refractivity contribution in [3.8, 4) is 5.75 Å². The van der Waals surface area contributed by atoms with Crippen molar-refractivity contribution in [2.45, 2.75) is 20.8 Å². The van der Waals surface area contributed by atoms with Gasteiger partial charge in [-0.05, 0) is 0 Å². The van der Waals surface area contributed by atoms with Gasteiger partial charge in [0, 0.05) is 26.8 Å². The van der Waals surface area contributed by atoms with E-state index in [2.05, 4.69) is 19.9 Å². The van der Waals surface area contributed by atoms with Gasteiger partial charge in [-0.1, -0.05) is 20.8 Å². The van der Waals surface area contributed by atoms with E-state index < -0.39 is 0 Å². The molecule has 0 spiro atoms. The van der Waals surface area contributed by atoms with E-state index in [1.165, 1.54) is 16.7 Å². The van der Waals surface area contributed by atoms with Crippen molar-refractivity contribution in [1.29, 1.82) is 0 Å². The first-order valence-corrected chi connectivity index (χ1v) is 3.69. The fraction of sp³-hybridized carbons (Fsp3) is 0.400. The van der Waals surface area contributed by atoms with Gasteiger partial charge in [0.2, 0.25) is 0 Å². The molecule has 0 radical (unpaired) electrons. The van der Waals surface area contributed by atoms with Crippen LogP contribution in [0.5, 0.6) is 5.75 Å². The molecule has 0 aliphatic carbocycles. The van der Waals surface area contributed by atoms with Crippen molar-refractivity contribution in [1.82, 2.24) is 0 Å². The fourth-order valence-corrected chi connectivity index (χ4v) is 1.03. The number of methoxy groups -OCH3 is 1. The molecule has 0 aliphatic heterocycles. The van der Waals surface area contributed by atoms with Gasteiger partial charge in [0.1, 0.15) is 0 Å². The van der Waals surface area contributed by atoms with Crippen LogP contribution in [0.1, 0.15) is 16.7 Å². The third kappa shape index (κ3) is 2.35. The quantitative estimate of drug-likeness (QED) is 0.718. The number of hydrogen-bond donors (Lipinski definition) is 0. The first-order valence-electron chi connectivity index (χ1n) is 3.69. The summed E-state index contributed by atoms with van der Waals surface area (Å²) in [6, 6.07) is 5.15. The van der Waals surface area contributed by atoms with Crippen molar-refractivity contribution in [3.63, 3.8) is 0 Å². The summed E-state index contributed by atoms with van der Waals surface area (Å²) < 4.78 is 5.08. The van der Waals surface area contributed by atoms with E-state index in [1.54, 1.807) is 7.11 Å². The molecule has 0 heterocycles. The molecule has 0 bridgehead atoms. The Morgan fingerprint density at radius 1 is 1.25 bits per heavy atom. The minimum absolute atomic E-state index is 0. The second-order valence-corrected chi connectivity index (χ2v) is 2.77. The normalized spacial score (nSPS) is 9.00. The first kappa shape index (κ1) is 11.7. The Bertz CT molecular complexity index is 246. The maximum absolute atomic E-state index is 5.08. The summed E-state index contributed by atoms with van der Waals surface area (Å²) in [6.07, 6.45) is 0. The van der Waals surface area contributed by atoms with E-state index >= 15 is 0 Å². The summed E-state index contributed by atoms with van der Waals surface area (Å²) in [5.74, 6) is 0.825. The van der Waals surface area contributed by atoms with E-state index in [4.69, 9.17) is 4.74 Å². The van der Waals surface area contributed by atoms with E-state index in [0.29, 0.717) is 0 Å². The summed E-state index contributed by atoms with van der Waals surface area (Å²) in [5, 5.41) is 0. The van der Waals surface area contributed by atoms with Crippen LogP contribution in [-0.2, 0) is 21.1 Å². The monoisotopic (exact) mass is 333 g/mol. The molecule has 1 rings (SSSR count). The van der Waals surface area contributed by atoms with Crippen molar-refractivity contribution >= 4 is 0 Å². The van der Waals surface area contributed by atoms with E-state index in [0.717, 1.165) is 5.75 Å². The van der Waals surface area contributed by atoms with Crippen molar-refractivity contribution < 1.29 is 25.8 Å². The molecule has 0 saturated heterocycles. The van der Waals surface area contributed by atoms with Gasteiger partial charge in [-0.25, -0.2) is 0 Å². The molecule has 1 aromatic carbocycles. The minimum atomic E-state index is 0. The molecular weight excluding hydrogens is 320 g/mol. The Balaban J connectivity index is 0.00000121. The van der Waals surface area contributed by atoms with Crippen LogP contribution in [0, 0.1) is 26.8 Å². The summed E-state index contributed by atoms with van der Waals surface area (Å²) in [4.78, 5) is 0. The van der Waals surface area contributed by atoms with Crippen LogP contribution in [0.3, 0.4) is 0 Å². The fourth-order valence-electron chi connectivity index (χ4n) is 1.03. The Hall–Kier alpha value is -0.292. The van der Waals surface area contributed by atoms with Gasteiger partial charge in [0.15, 0.2) is 0 Å². The Morgan fingerprint density at radius 3 is 2.25 bits per heavy atom. The number of rotatable bonds is 1. The molecular formula is C10H13OW-. The zero-order valence-corrected chi connectivity index (χ0v) is 10.8. The van der Waals surface area contributed by atoms with Gasteiger partial charge in [-0.2, -0.15) is 16.7 Å². The SMILES string of the molecule is COc1[c-]c(C)c(C)c(C)c1.[W]. The maximum atomic E-state index is 5.08. The first-order chi connectivity index (χ1) is 5.15. The summed E-state index contributed by atoms with van der Waals surface area (Å²) in [7, 11) is 1.67. The summed E-state index contributed by atoms with van der Waals surface area (Å²) in [6.45, 7) is 6.23. The van der Waals surface area contributed by atoms with Crippen LogP contribution >= 0.6 is 0 Å². The standard InChI is InChI=1S/C10H13O.W/c1-7-5-10(11-4)6-8(2)9(7)3;/h5H,1-4H3;/q-1;. The Kier molecular flexibility index (Phi) is 4.55. The van der Waals surface area contributed by atoms with Crippen LogP contribution in [0.2, 0.25) is 0 Å². The predicted molar refractivity (Wildman–Crippen MR) is 46.0 cm³/mol. The molecule has 0 atom stereocenters. The van der Waals surface area contributed by atoms with Gasteiger partial charge in [0.05, 0.1) is 7.11 Å². The zero-order valence-electron chi connectivity index (χ0n) is 7.89. The number of aryl methyl sites for hydroxylation is 2. The van der Waals surface area contributed by atoms with E-state index in [1.807, 2.05) is 13.0 Å². The van der Waals surface area contributed by atoms with E-state index in [9.17, 15) is 0 Å². The molecule has 1 nitrogen and oxygen atoms in total. The van der Waals surface area contributed by atoms with E-state index in [-0.39, 0.29) is 21.1 Å². The second kappa shape index (κ2) is 4.67. The average Bonchev–Trinajstić information content (AvgIpc) is 1.99. The molecule has 66 valence electrons. The molecule has 1 aromatic rings. The van der Waals surface area contributed by atoms with Crippen LogP contribution < -0.4 is 4.74 Å². The topological polar surface area (TPSA) is 9.23 Å².